The highest BCUT2D eigenvalue weighted by Crippen LogP contribution is 2.31. The maximum absolute atomic E-state index is 4.14. The molecule has 1 atom stereocenters. The largest absolute Gasteiger partial charge is 0.306 e. The molecule has 0 aromatic carbocycles. The molecule has 1 unspecified atom stereocenters. The molecule has 0 saturated heterocycles. The van der Waals surface area contributed by atoms with Gasteiger partial charge < -0.3 is 5.32 Å². The molecule has 2 aromatic heterocycles. The van der Waals surface area contributed by atoms with Gasteiger partial charge in [-0.2, -0.15) is 5.10 Å². The van der Waals surface area contributed by atoms with Gasteiger partial charge >= 0.3 is 0 Å². The summed E-state index contributed by atoms with van der Waals surface area (Å²) in [7, 11) is 1.90. The van der Waals surface area contributed by atoms with Gasteiger partial charge in [-0.3, -0.25) is 5.10 Å². The molecule has 0 aliphatic carbocycles. The van der Waals surface area contributed by atoms with E-state index in [4.69, 9.17) is 0 Å². The molecule has 0 amide bonds. The maximum Gasteiger partial charge on any atom is 0.146 e. The summed E-state index contributed by atoms with van der Waals surface area (Å²) in [5.41, 5.74) is 0. The summed E-state index contributed by atoms with van der Waals surface area (Å²) in [6, 6.07) is 2.10. The zero-order chi connectivity index (χ0) is 9.97. The van der Waals surface area contributed by atoms with Crippen LogP contribution in [0.15, 0.2) is 22.2 Å². The Morgan fingerprint density at radius 2 is 2.50 bits per heavy atom. The third-order valence-electron chi connectivity index (χ3n) is 1.90. The molecular formula is C8H9BrN4S. The summed E-state index contributed by atoms with van der Waals surface area (Å²) >= 11 is 5.18. The van der Waals surface area contributed by atoms with E-state index in [2.05, 4.69) is 36.4 Å². The molecule has 0 radical (unpaired) electrons. The van der Waals surface area contributed by atoms with Crippen LogP contribution >= 0.6 is 27.3 Å². The van der Waals surface area contributed by atoms with E-state index in [0.29, 0.717) is 0 Å². The lowest BCUT2D eigenvalue weighted by Gasteiger charge is -2.11. The van der Waals surface area contributed by atoms with E-state index in [1.165, 1.54) is 11.2 Å². The van der Waals surface area contributed by atoms with Crippen LogP contribution in [0.5, 0.6) is 0 Å². The molecule has 0 aliphatic heterocycles. The van der Waals surface area contributed by atoms with Crippen LogP contribution in [0.4, 0.5) is 0 Å². The Morgan fingerprint density at radius 3 is 3.00 bits per heavy atom. The summed E-state index contributed by atoms with van der Waals surface area (Å²) in [6.07, 6.45) is 1.52. The SMILES string of the molecule is CNC(c1ncn[nH]1)c1sccc1Br. The molecule has 0 aliphatic rings. The van der Waals surface area contributed by atoms with Crippen LogP contribution in [0.1, 0.15) is 16.7 Å². The number of halogens is 1. The Kier molecular flexibility index (Phi) is 2.95. The smallest absolute Gasteiger partial charge is 0.146 e. The monoisotopic (exact) mass is 272 g/mol. The fourth-order valence-electron chi connectivity index (χ4n) is 1.26. The Bertz CT molecular complexity index is 397. The zero-order valence-corrected chi connectivity index (χ0v) is 9.89. The normalized spacial score (nSPS) is 13.0. The van der Waals surface area contributed by atoms with E-state index >= 15 is 0 Å². The average Bonchev–Trinajstić information content (AvgIpc) is 2.80. The molecule has 0 fully saturated rings. The Labute approximate surface area is 93.9 Å². The Morgan fingerprint density at radius 1 is 1.64 bits per heavy atom. The molecule has 0 spiro atoms. The van der Waals surface area contributed by atoms with Gasteiger partial charge in [0.1, 0.15) is 18.2 Å². The van der Waals surface area contributed by atoms with Gasteiger partial charge in [-0.1, -0.05) is 0 Å². The standard InChI is InChI=1S/C8H9BrN4S/c1-10-6(8-11-4-12-13-8)7-5(9)2-3-14-7/h2-4,6,10H,1H3,(H,11,12,13). The molecule has 14 heavy (non-hydrogen) atoms. The number of nitrogens with one attached hydrogen (secondary N) is 2. The number of thiophene rings is 1. The van der Waals surface area contributed by atoms with Crippen LogP contribution < -0.4 is 5.32 Å². The van der Waals surface area contributed by atoms with Gasteiger partial charge in [-0.15, -0.1) is 11.3 Å². The second kappa shape index (κ2) is 4.20. The van der Waals surface area contributed by atoms with Crippen molar-refractivity contribution in [3.8, 4) is 0 Å². The second-order valence-corrected chi connectivity index (χ2v) is 4.53. The predicted molar refractivity (Wildman–Crippen MR) is 59.3 cm³/mol. The van der Waals surface area contributed by atoms with E-state index in [1.807, 2.05) is 18.5 Å². The topological polar surface area (TPSA) is 53.6 Å². The highest BCUT2D eigenvalue weighted by molar-refractivity contribution is 9.10. The van der Waals surface area contributed by atoms with Gasteiger partial charge in [0.25, 0.3) is 0 Å². The lowest BCUT2D eigenvalue weighted by Crippen LogP contribution is -2.18. The van der Waals surface area contributed by atoms with Crippen molar-refractivity contribution < 1.29 is 0 Å². The van der Waals surface area contributed by atoms with Gasteiger partial charge in [0.05, 0.1) is 0 Å². The minimum absolute atomic E-state index is 0.0758. The highest BCUT2D eigenvalue weighted by Gasteiger charge is 2.18. The first-order valence-corrected chi connectivity index (χ1v) is 5.75. The number of aromatic amines is 1. The fourth-order valence-corrected chi connectivity index (χ4v) is 2.97. The zero-order valence-electron chi connectivity index (χ0n) is 7.49. The van der Waals surface area contributed by atoms with Gasteiger partial charge in [0.2, 0.25) is 0 Å². The van der Waals surface area contributed by atoms with Crippen molar-refractivity contribution in [1.82, 2.24) is 20.5 Å². The number of H-pyrrole nitrogens is 1. The molecule has 2 rings (SSSR count). The van der Waals surface area contributed by atoms with Crippen molar-refractivity contribution in [3.63, 3.8) is 0 Å². The predicted octanol–water partition coefficient (Wildman–Crippen LogP) is 1.94. The van der Waals surface area contributed by atoms with Crippen LogP contribution in [0.3, 0.4) is 0 Å². The van der Waals surface area contributed by atoms with Crippen molar-refractivity contribution in [1.29, 1.82) is 0 Å². The van der Waals surface area contributed by atoms with Crippen molar-refractivity contribution in [2.75, 3.05) is 7.05 Å². The quantitative estimate of drug-likeness (QED) is 0.898. The fraction of sp³-hybridized carbons (Fsp3) is 0.250. The Balaban J connectivity index is 2.36. The first-order chi connectivity index (χ1) is 6.83. The molecule has 2 heterocycles. The lowest BCUT2D eigenvalue weighted by molar-refractivity contribution is 0.658. The maximum atomic E-state index is 4.14. The molecule has 2 N–H and O–H groups in total. The van der Waals surface area contributed by atoms with Crippen molar-refractivity contribution in [3.05, 3.63) is 32.9 Å². The van der Waals surface area contributed by atoms with Crippen LogP contribution in [-0.4, -0.2) is 22.2 Å². The highest BCUT2D eigenvalue weighted by atomic mass is 79.9. The molecule has 74 valence electrons. The van der Waals surface area contributed by atoms with Crippen molar-refractivity contribution >= 4 is 27.3 Å². The van der Waals surface area contributed by atoms with Gasteiger partial charge in [-0.25, -0.2) is 4.98 Å². The molecule has 0 bridgehead atoms. The number of hydrogen-bond acceptors (Lipinski definition) is 4. The minimum atomic E-state index is 0.0758. The summed E-state index contributed by atoms with van der Waals surface area (Å²) in [6.45, 7) is 0. The molecule has 0 saturated carbocycles. The first kappa shape index (κ1) is 9.82. The summed E-state index contributed by atoms with van der Waals surface area (Å²) < 4.78 is 1.10. The van der Waals surface area contributed by atoms with E-state index in [1.54, 1.807) is 11.3 Å². The number of aromatic nitrogens is 3. The number of hydrogen-bond donors (Lipinski definition) is 2. The Hall–Kier alpha value is -0.720. The second-order valence-electron chi connectivity index (χ2n) is 2.73. The van der Waals surface area contributed by atoms with Crippen LogP contribution in [-0.2, 0) is 0 Å². The summed E-state index contributed by atoms with van der Waals surface area (Å²) in [5.74, 6) is 0.829. The third kappa shape index (κ3) is 1.73. The molecular weight excluding hydrogens is 264 g/mol. The van der Waals surface area contributed by atoms with E-state index in [0.717, 1.165) is 10.3 Å². The lowest BCUT2D eigenvalue weighted by atomic mass is 10.2. The van der Waals surface area contributed by atoms with E-state index < -0.39 is 0 Å². The van der Waals surface area contributed by atoms with Crippen molar-refractivity contribution in [2.24, 2.45) is 0 Å². The first-order valence-electron chi connectivity index (χ1n) is 4.08. The van der Waals surface area contributed by atoms with Gasteiger partial charge in [0.15, 0.2) is 0 Å². The average molecular weight is 273 g/mol. The van der Waals surface area contributed by atoms with E-state index in [-0.39, 0.29) is 6.04 Å². The number of nitrogens with zero attached hydrogens (tertiary/aromatic N) is 2. The van der Waals surface area contributed by atoms with Gasteiger partial charge in [0, 0.05) is 9.35 Å². The van der Waals surface area contributed by atoms with Gasteiger partial charge in [-0.05, 0) is 34.4 Å². The van der Waals surface area contributed by atoms with Crippen LogP contribution in [0.25, 0.3) is 0 Å². The minimum Gasteiger partial charge on any atom is -0.306 e. The van der Waals surface area contributed by atoms with Crippen LogP contribution in [0.2, 0.25) is 0 Å². The molecule has 2 aromatic rings. The van der Waals surface area contributed by atoms with E-state index in [9.17, 15) is 0 Å². The molecule has 4 nitrogen and oxygen atoms in total. The molecule has 6 heteroatoms. The number of rotatable bonds is 3. The summed E-state index contributed by atoms with van der Waals surface area (Å²) in [4.78, 5) is 5.34. The summed E-state index contributed by atoms with van der Waals surface area (Å²) in [5, 5.41) is 11.9. The van der Waals surface area contributed by atoms with Crippen molar-refractivity contribution in [2.45, 2.75) is 6.04 Å². The third-order valence-corrected chi connectivity index (χ3v) is 3.84. The van der Waals surface area contributed by atoms with Crippen LogP contribution in [0, 0.1) is 0 Å².